The average Bonchev–Trinajstić information content (AvgIpc) is 2.15. The lowest BCUT2D eigenvalue weighted by atomic mass is 10.1. The van der Waals surface area contributed by atoms with Crippen molar-refractivity contribution in [1.29, 1.82) is 0 Å². The molecule has 3 heteroatoms. The zero-order chi connectivity index (χ0) is 9.68. The van der Waals surface area contributed by atoms with Crippen LogP contribution >= 0.6 is 9.24 Å². The summed E-state index contributed by atoms with van der Waals surface area (Å²) < 4.78 is 4.83. The molecule has 0 aliphatic carbocycles. The highest BCUT2D eigenvalue weighted by molar-refractivity contribution is 7.39. The Hall–Kier alpha value is -0.880. The Labute approximate surface area is 80.5 Å². The van der Waals surface area contributed by atoms with Gasteiger partial charge in [0.25, 0.3) is 0 Å². The first-order valence-corrected chi connectivity index (χ1v) is 4.80. The summed E-state index contributed by atoms with van der Waals surface area (Å²) in [4.78, 5) is 10.5. The zero-order valence-corrected chi connectivity index (χ0v) is 8.77. The quantitative estimate of drug-likeness (QED) is 0.695. The maximum Gasteiger partial charge on any atom is 0.320 e. The van der Waals surface area contributed by atoms with E-state index >= 15 is 0 Å². The molecule has 0 radical (unpaired) electrons. The average molecular weight is 196 g/mol. The molecule has 0 N–H and O–H groups in total. The van der Waals surface area contributed by atoms with Crippen molar-refractivity contribution < 1.29 is 9.53 Å². The number of benzene rings is 1. The number of hydrogen-bond donors (Lipinski definition) is 0. The molecule has 2 nitrogen and oxygen atoms in total. The second kappa shape index (κ2) is 4.98. The Morgan fingerprint density at radius 2 is 1.85 bits per heavy atom. The summed E-state index contributed by atoms with van der Waals surface area (Å²) in [5, 5.41) is 0. The van der Waals surface area contributed by atoms with Crippen LogP contribution in [-0.2, 0) is 17.8 Å². The largest absolute Gasteiger partial charge is 0.458 e. The Bertz CT molecular complexity index is 279. The SMILES string of the molecule is CCc1ccc(COC(=O)P)cc1. The molecule has 0 fully saturated rings. The molecule has 1 rings (SSSR count). The Kier molecular flexibility index (Phi) is 3.91. The molecular weight excluding hydrogens is 183 g/mol. The van der Waals surface area contributed by atoms with Gasteiger partial charge in [-0.1, -0.05) is 31.2 Å². The van der Waals surface area contributed by atoms with Crippen LogP contribution in [0.1, 0.15) is 18.1 Å². The molecule has 0 bridgehead atoms. The lowest BCUT2D eigenvalue weighted by Crippen LogP contribution is -1.94. The summed E-state index contributed by atoms with van der Waals surface area (Å²) >= 11 is 0. The first-order valence-electron chi connectivity index (χ1n) is 4.22. The molecule has 1 unspecified atom stereocenters. The highest BCUT2D eigenvalue weighted by Gasteiger charge is 1.95. The third kappa shape index (κ3) is 3.56. The van der Waals surface area contributed by atoms with Crippen molar-refractivity contribution in [3.63, 3.8) is 0 Å². The third-order valence-corrected chi connectivity index (χ3v) is 1.98. The molecule has 70 valence electrons. The minimum absolute atomic E-state index is 0.320. The minimum atomic E-state index is -0.320. The van der Waals surface area contributed by atoms with E-state index in [1.54, 1.807) is 0 Å². The highest BCUT2D eigenvalue weighted by atomic mass is 31.0. The summed E-state index contributed by atoms with van der Waals surface area (Å²) in [6.45, 7) is 2.46. The molecule has 1 aromatic rings. The molecule has 1 atom stereocenters. The van der Waals surface area contributed by atoms with Crippen LogP contribution in [0.5, 0.6) is 0 Å². The molecule has 0 aliphatic rings. The Morgan fingerprint density at radius 3 is 2.31 bits per heavy atom. The topological polar surface area (TPSA) is 26.3 Å². The van der Waals surface area contributed by atoms with Gasteiger partial charge in [-0.15, -0.1) is 0 Å². The lowest BCUT2D eigenvalue weighted by Gasteiger charge is -2.02. The van der Waals surface area contributed by atoms with Gasteiger partial charge in [0.2, 0.25) is 0 Å². The van der Waals surface area contributed by atoms with E-state index < -0.39 is 0 Å². The van der Waals surface area contributed by atoms with Crippen molar-refractivity contribution in [1.82, 2.24) is 0 Å². The van der Waals surface area contributed by atoms with Gasteiger partial charge in [0.05, 0.1) is 0 Å². The van der Waals surface area contributed by atoms with E-state index in [-0.39, 0.29) is 5.71 Å². The van der Waals surface area contributed by atoms with E-state index in [4.69, 9.17) is 4.74 Å². The van der Waals surface area contributed by atoms with Crippen LogP contribution in [0.15, 0.2) is 24.3 Å². The molecular formula is C10H13O2P. The van der Waals surface area contributed by atoms with Gasteiger partial charge in [0, 0.05) is 0 Å². The monoisotopic (exact) mass is 196 g/mol. The van der Waals surface area contributed by atoms with Gasteiger partial charge >= 0.3 is 5.71 Å². The molecule has 1 aromatic carbocycles. The van der Waals surface area contributed by atoms with Crippen LogP contribution in [0, 0.1) is 0 Å². The first-order chi connectivity index (χ1) is 6.22. The summed E-state index contributed by atoms with van der Waals surface area (Å²) in [6, 6.07) is 8.05. The minimum Gasteiger partial charge on any atom is -0.458 e. The van der Waals surface area contributed by atoms with Crippen LogP contribution in [0.25, 0.3) is 0 Å². The van der Waals surface area contributed by atoms with E-state index in [2.05, 4.69) is 6.92 Å². The van der Waals surface area contributed by atoms with Gasteiger partial charge < -0.3 is 4.74 Å². The fraction of sp³-hybridized carbons (Fsp3) is 0.300. The normalized spacial score (nSPS) is 9.69. The third-order valence-electron chi connectivity index (χ3n) is 1.81. The second-order valence-corrected chi connectivity index (χ2v) is 3.25. The molecule has 0 aromatic heterocycles. The molecule has 0 spiro atoms. The van der Waals surface area contributed by atoms with Crippen LogP contribution < -0.4 is 0 Å². The summed E-state index contributed by atoms with van der Waals surface area (Å²) in [5.41, 5.74) is 1.99. The van der Waals surface area contributed by atoms with Crippen LogP contribution in [-0.4, -0.2) is 5.71 Å². The van der Waals surface area contributed by atoms with Crippen molar-refractivity contribution in [2.45, 2.75) is 20.0 Å². The van der Waals surface area contributed by atoms with E-state index in [1.165, 1.54) is 5.56 Å². The fourth-order valence-corrected chi connectivity index (χ4v) is 1.11. The Morgan fingerprint density at radius 1 is 1.31 bits per heavy atom. The van der Waals surface area contributed by atoms with Gasteiger partial charge in [-0.05, 0) is 26.8 Å². The predicted molar refractivity (Wildman–Crippen MR) is 55.7 cm³/mol. The fourth-order valence-electron chi connectivity index (χ4n) is 1.03. The summed E-state index contributed by atoms with van der Waals surface area (Å²) in [5.74, 6) is 0. The van der Waals surface area contributed by atoms with Crippen molar-refractivity contribution in [2.24, 2.45) is 0 Å². The maximum absolute atomic E-state index is 10.5. The van der Waals surface area contributed by atoms with Crippen molar-refractivity contribution in [2.75, 3.05) is 0 Å². The molecule has 13 heavy (non-hydrogen) atoms. The van der Waals surface area contributed by atoms with Gasteiger partial charge in [-0.3, -0.25) is 0 Å². The van der Waals surface area contributed by atoms with Crippen LogP contribution in [0.2, 0.25) is 0 Å². The van der Waals surface area contributed by atoms with E-state index in [1.807, 2.05) is 33.5 Å². The second-order valence-electron chi connectivity index (χ2n) is 2.78. The molecule has 0 saturated heterocycles. The summed E-state index contributed by atoms with van der Waals surface area (Å²) in [6.07, 6.45) is 1.03. The number of carbonyl (C=O) groups excluding carboxylic acids is 1. The zero-order valence-electron chi connectivity index (χ0n) is 7.62. The number of aryl methyl sites for hydroxylation is 1. The van der Waals surface area contributed by atoms with Gasteiger partial charge in [-0.2, -0.15) is 0 Å². The van der Waals surface area contributed by atoms with E-state index in [0.717, 1.165) is 12.0 Å². The van der Waals surface area contributed by atoms with Crippen molar-refractivity contribution in [3.8, 4) is 0 Å². The number of hydrogen-bond acceptors (Lipinski definition) is 2. The van der Waals surface area contributed by atoms with Gasteiger partial charge in [0.1, 0.15) is 6.61 Å². The van der Waals surface area contributed by atoms with Gasteiger partial charge in [0.15, 0.2) is 0 Å². The van der Waals surface area contributed by atoms with E-state index in [9.17, 15) is 4.79 Å². The standard InChI is InChI=1S/C10H13O2P/c1-2-8-3-5-9(6-4-8)7-12-10(11)13/h3-6H,2,7,13H2,1H3. The highest BCUT2D eigenvalue weighted by Crippen LogP contribution is 2.07. The summed E-state index contributed by atoms with van der Waals surface area (Å²) in [7, 11) is 1.99. The number of carbonyl (C=O) groups is 1. The maximum atomic E-state index is 10.5. The first kappa shape index (κ1) is 10.2. The van der Waals surface area contributed by atoms with Crippen LogP contribution in [0.3, 0.4) is 0 Å². The predicted octanol–water partition coefficient (Wildman–Crippen LogP) is 2.76. The van der Waals surface area contributed by atoms with Crippen molar-refractivity contribution in [3.05, 3.63) is 35.4 Å². The van der Waals surface area contributed by atoms with Gasteiger partial charge in [-0.25, -0.2) is 4.79 Å². The molecule has 0 heterocycles. The lowest BCUT2D eigenvalue weighted by molar-refractivity contribution is 0.168. The molecule has 0 amide bonds. The van der Waals surface area contributed by atoms with E-state index in [0.29, 0.717) is 6.61 Å². The van der Waals surface area contributed by atoms with Crippen LogP contribution in [0.4, 0.5) is 4.79 Å². The number of ether oxygens (including phenoxy) is 1. The smallest absolute Gasteiger partial charge is 0.320 e. The van der Waals surface area contributed by atoms with Crippen molar-refractivity contribution >= 4 is 15.0 Å². The molecule has 0 saturated carbocycles. The number of rotatable bonds is 3. The Balaban J connectivity index is 2.54. The molecule has 0 aliphatic heterocycles.